The molecule has 0 N–H and O–H groups in total. The molecule has 11 heteroatoms. The zero-order valence-corrected chi connectivity index (χ0v) is 17.0. The lowest BCUT2D eigenvalue weighted by molar-refractivity contribution is -0.147. The van der Waals surface area contributed by atoms with Gasteiger partial charge in [-0.05, 0) is 17.6 Å². The number of alkyl halides is 3. The Balaban J connectivity index is 2.18. The average molecular weight is 465 g/mol. The van der Waals surface area contributed by atoms with Crippen LogP contribution in [-0.4, -0.2) is 18.4 Å². The van der Waals surface area contributed by atoms with Gasteiger partial charge < -0.3 is 4.74 Å². The first-order valence-electron chi connectivity index (χ1n) is 8.18. The van der Waals surface area contributed by atoms with E-state index in [0.717, 1.165) is 11.8 Å². The molecule has 0 spiro atoms. The first kappa shape index (κ1) is 23.9. The molecule has 0 aliphatic heterocycles. The first-order chi connectivity index (χ1) is 13.2. The minimum atomic E-state index is -4.78. The molecule has 1 aromatic rings. The minimum Gasteiger partial charge on any atom is -0.460 e. The molecule has 2 unspecified atom stereocenters. The van der Waals surface area contributed by atoms with Crippen LogP contribution < -0.4 is 0 Å². The van der Waals surface area contributed by atoms with E-state index in [-0.39, 0.29) is 5.75 Å². The summed E-state index contributed by atoms with van der Waals surface area (Å²) >= 11 is 6.13. The first-order valence-corrected chi connectivity index (χ1v) is 9.96. The van der Waals surface area contributed by atoms with Gasteiger partial charge in [0.1, 0.15) is 11.6 Å². The molecule has 29 heavy (non-hydrogen) atoms. The van der Waals surface area contributed by atoms with Crippen molar-refractivity contribution in [3.05, 3.63) is 45.5 Å². The van der Waals surface area contributed by atoms with Gasteiger partial charge in [-0.25, -0.2) is 17.6 Å². The molecule has 0 amide bonds. The van der Waals surface area contributed by atoms with E-state index >= 15 is 0 Å². The van der Waals surface area contributed by atoms with Crippen molar-refractivity contribution < 1.29 is 40.3 Å². The standard InChI is InChI=1S/C18H16ClF7O2S/c1-17(2)9(4-10(19)18(24,25)26)11(17)16(27)28-5-7-12(20)14(22)8(6-29-3)15(23)13(7)21/h4,9,11H,5-6H2,1-3H3. The summed E-state index contributed by atoms with van der Waals surface area (Å²) in [7, 11) is 0. The Hall–Kier alpha value is -1.42. The second kappa shape index (κ2) is 8.37. The van der Waals surface area contributed by atoms with E-state index in [9.17, 15) is 35.5 Å². The maximum Gasteiger partial charge on any atom is 0.426 e. The third kappa shape index (κ3) is 4.68. The van der Waals surface area contributed by atoms with Crippen LogP contribution in [0.15, 0.2) is 11.1 Å². The zero-order valence-electron chi connectivity index (χ0n) is 15.4. The smallest absolute Gasteiger partial charge is 0.426 e. The lowest BCUT2D eigenvalue weighted by Gasteiger charge is -2.12. The normalized spacial score (nSPS) is 21.3. The zero-order chi connectivity index (χ0) is 22.3. The monoisotopic (exact) mass is 464 g/mol. The number of benzene rings is 1. The number of hydrogen-bond acceptors (Lipinski definition) is 3. The van der Waals surface area contributed by atoms with Gasteiger partial charge in [0.25, 0.3) is 0 Å². The maximum absolute atomic E-state index is 14.1. The second-order valence-corrected chi connectivity index (χ2v) is 8.36. The Morgan fingerprint density at radius 3 is 2.03 bits per heavy atom. The van der Waals surface area contributed by atoms with Crippen LogP contribution in [-0.2, 0) is 21.9 Å². The SMILES string of the molecule is CSCc1c(F)c(F)c(COC(=O)C2C(C=C(Cl)C(F)(F)F)C2(C)C)c(F)c1F. The van der Waals surface area contributed by atoms with Crippen molar-refractivity contribution in [2.24, 2.45) is 17.3 Å². The van der Waals surface area contributed by atoms with Gasteiger partial charge in [-0.3, -0.25) is 4.79 Å². The number of carbonyl (C=O) groups is 1. The Morgan fingerprint density at radius 1 is 1.10 bits per heavy atom. The Bertz CT molecular complexity index is 823. The molecule has 0 saturated heterocycles. The number of allylic oxidation sites excluding steroid dienone is 2. The summed E-state index contributed by atoms with van der Waals surface area (Å²) in [5.74, 6) is -9.90. The van der Waals surface area contributed by atoms with Crippen molar-refractivity contribution in [1.82, 2.24) is 0 Å². The van der Waals surface area contributed by atoms with Crippen LogP contribution in [0.2, 0.25) is 0 Å². The van der Waals surface area contributed by atoms with Gasteiger partial charge in [0, 0.05) is 11.3 Å². The predicted molar refractivity (Wildman–Crippen MR) is 94.0 cm³/mol. The topological polar surface area (TPSA) is 26.3 Å². The fraction of sp³-hybridized carbons (Fsp3) is 0.500. The van der Waals surface area contributed by atoms with Crippen LogP contribution in [0.3, 0.4) is 0 Å². The molecule has 0 heterocycles. The van der Waals surface area contributed by atoms with Crippen molar-refractivity contribution in [3.8, 4) is 0 Å². The van der Waals surface area contributed by atoms with Crippen LogP contribution in [0, 0.1) is 40.5 Å². The summed E-state index contributed by atoms with van der Waals surface area (Å²) in [6, 6.07) is 0. The molecule has 162 valence electrons. The number of esters is 1. The van der Waals surface area contributed by atoms with Crippen LogP contribution >= 0.6 is 23.4 Å². The fourth-order valence-corrected chi connectivity index (χ4v) is 3.72. The van der Waals surface area contributed by atoms with Crippen molar-refractivity contribution in [3.63, 3.8) is 0 Å². The van der Waals surface area contributed by atoms with Gasteiger partial charge >= 0.3 is 12.1 Å². The van der Waals surface area contributed by atoms with Gasteiger partial charge in [0.05, 0.1) is 11.5 Å². The lowest BCUT2D eigenvalue weighted by Crippen LogP contribution is -2.14. The third-order valence-corrected chi connectivity index (χ3v) is 5.77. The number of hydrogen-bond donors (Lipinski definition) is 0. The Kier molecular flexibility index (Phi) is 6.89. The Labute approximate surface area is 171 Å². The molecule has 0 aromatic heterocycles. The lowest BCUT2D eigenvalue weighted by atomic mass is 10.1. The van der Waals surface area contributed by atoms with Crippen LogP contribution in [0.25, 0.3) is 0 Å². The second-order valence-electron chi connectivity index (χ2n) is 7.09. The molecule has 2 rings (SSSR count). The van der Waals surface area contributed by atoms with E-state index in [0.29, 0.717) is 6.08 Å². The van der Waals surface area contributed by atoms with Crippen molar-refractivity contribution in [2.75, 3.05) is 6.26 Å². The molecular formula is C18H16ClF7O2S. The largest absolute Gasteiger partial charge is 0.460 e. The summed E-state index contributed by atoms with van der Waals surface area (Å²) in [6.45, 7) is 1.86. The molecule has 0 bridgehead atoms. The van der Waals surface area contributed by atoms with Gasteiger partial charge in [0.2, 0.25) is 0 Å². The van der Waals surface area contributed by atoms with E-state index in [1.807, 2.05) is 0 Å². The highest BCUT2D eigenvalue weighted by Gasteiger charge is 2.62. The summed E-state index contributed by atoms with van der Waals surface area (Å²) in [6.07, 6.45) is -2.63. The minimum absolute atomic E-state index is 0.310. The molecule has 2 nitrogen and oxygen atoms in total. The number of rotatable bonds is 6. The molecule has 1 saturated carbocycles. The number of thioether (sulfide) groups is 1. The number of ether oxygens (including phenoxy) is 1. The van der Waals surface area contributed by atoms with Crippen LogP contribution in [0.4, 0.5) is 30.7 Å². The summed E-state index contributed by atoms with van der Waals surface area (Å²) in [4.78, 5) is 12.2. The quantitative estimate of drug-likeness (QED) is 0.289. The number of carbonyl (C=O) groups excluding carboxylic acids is 1. The molecule has 2 atom stereocenters. The Morgan fingerprint density at radius 2 is 1.59 bits per heavy atom. The van der Waals surface area contributed by atoms with Crippen LogP contribution in [0.5, 0.6) is 0 Å². The number of halogens is 8. The molecular weight excluding hydrogens is 449 g/mol. The van der Waals surface area contributed by atoms with E-state index < -0.39 is 75.4 Å². The van der Waals surface area contributed by atoms with Crippen LogP contribution in [0.1, 0.15) is 25.0 Å². The van der Waals surface area contributed by atoms with Crippen molar-refractivity contribution >= 4 is 29.3 Å². The van der Waals surface area contributed by atoms with Gasteiger partial charge in [-0.2, -0.15) is 24.9 Å². The van der Waals surface area contributed by atoms with Gasteiger partial charge in [-0.15, -0.1) is 0 Å². The predicted octanol–water partition coefficient (Wildman–Crippen LogP) is 6.11. The third-order valence-electron chi connectivity index (χ3n) is 4.85. The van der Waals surface area contributed by atoms with E-state index in [1.54, 1.807) is 0 Å². The fourth-order valence-electron chi connectivity index (χ4n) is 3.04. The average Bonchev–Trinajstić information content (AvgIpc) is 3.16. The molecule has 1 aliphatic carbocycles. The molecule has 0 radical (unpaired) electrons. The van der Waals surface area contributed by atoms with Gasteiger partial charge in [-0.1, -0.05) is 31.5 Å². The summed E-state index contributed by atoms with van der Waals surface area (Å²) in [5, 5.41) is -1.41. The molecule has 1 aromatic carbocycles. The van der Waals surface area contributed by atoms with E-state index in [4.69, 9.17) is 16.3 Å². The van der Waals surface area contributed by atoms with Crippen molar-refractivity contribution in [2.45, 2.75) is 32.4 Å². The summed E-state index contributed by atoms with van der Waals surface area (Å²) in [5.41, 5.74) is -2.84. The highest BCUT2D eigenvalue weighted by Crippen LogP contribution is 2.60. The summed E-state index contributed by atoms with van der Waals surface area (Å²) < 4.78 is 98.5. The highest BCUT2D eigenvalue weighted by molar-refractivity contribution is 7.97. The highest BCUT2D eigenvalue weighted by atomic mass is 35.5. The molecule has 1 fully saturated rings. The van der Waals surface area contributed by atoms with E-state index in [2.05, 4.69) is 0 Å². The maximum atomic E-state index is 14.1. The molecule has 1 aliphatic rings. The van der Waals surface area contributed by atoms with E-state index in [1.165, 1.54) is 20.1 Å². The van der Waals surface area contributed by atoms with Crippen molar-refractivity contribution in [1.29, 1.82) is 0 Å². The van der Waals surface area contributed by atoms with Gasteiger partial charge in [0.15, 0.2) is 23.3 Å².